The average Bonchev–Trinajstić information content (AvgIpc) is 3.10. The number of aromatic nitrogens is 2. The number of carbonyl (C=O) groups is 1. The lowest BCUT2D eigenvalue weighted by atomic mass is 9.89. The number of nitrogens with one attached hydrogen (secondary N) is 1. The van der Waals surface area contributed by atoms with E-state index in [2.05, 4.69) is 11.9 Å². The highest BCUT2D eigenvalue weighted by Gasteiger charge is 2.27. The molecule has 1 aromatic heterocycles. The molecule has 0 bridgehead atoms. The molecule has 0 radical (unpaired) electrons. The van der Waals surface area contributed by atoms with Gasteiger partial charge in [-0.3, -0.25) is 4.79 Å². The lowest BCUT2D eigenvalue weighted by molar-refractivity contribution is -0.117. The van der Waals surface area contributed by atoms with Crippen molar-refractivity contribution in [2.45, 2.75) is 46.6 Å². The Morgan fingerprint density at radius 3 is 2.88 bits per heavy atom. The van der Waals surface area contributed by atoms with Crippen LogP contribution in [-0.4, -0.2) is 27.8 Å². The number of Topliss-reactive ketones (excluding diaryl/α,β-unsaturated/α-hetero) is 1. The fraction of sp³-hybridized carbons (Fsp3) is 0.500. The Balaban J connectivity index is 1.92. The molecule has 2 aliphatic rings. The topological polar surface area (TPSA) is 103 Å². The lowest BCUT2D eigenvalue weighted by Crippen LogP contribution is -2.14. The van der Waals surface area contributed by atoms with Crippen LogP contribution >= 0.6 is 0 Å². The highest BCUT2D eigenvalue weighted by Crippen LogP contribution is 2.35. The van der Waals surface area contributed by atoms with Gasteiger partial charge in [-0.25, -0.2) is 4.98 Å². The number of allylic oxidation sites excluding steroid dienone is 3. The zero-order valence-corrected chi connectivity index (χ0v) is 14.9. The Kier molecular flexibility index (Phi) is 4.65. The van der Waals surface area contributed by atoms with Crippen LogP contribution in [0.1, 0.15) is 45.1 Å². The van der Waals surface area contributed by atoms with E-state index in [1.807, 2.05) is 10.6 Å². The SMILES string of the molecule is CC(=N)c1nc(CC2=CC3=C(CC2C)OCO3)n(CCC(C)=O)c1N. The first-order valence-electron chi connectivity index (χ1n) is 8.45. The third-order valence-corrected chi connectivity index (χ3v) is 4.65. The molecular weight excluding hydrogens is 320 g/mol. The van der Waals surface area contributed by atoms with Crippen molar-refractivity contribution in [1.29, 1.82) is 5.41 Å². The number of carbonyl (C=O) groups excluding carboxylic acids is 1. The Morgan fingerprint density at radius 1 is 1.44 bits per heavy atom. The van der Waals surface area contributed by atoms with E-state index in [4.69, 9.17) is 20.6 Å². The van der Waals surface area contributed by atoms with Gasteiger partial charge in [-0.1, -0.05) is 12.5 Å². The van der Waals surface area contributed by atoms with E-state index < -0.39 is 0 Å². The molecule has 0 spiro atoms. The molecule has 0 fully saturated rings. The standard InChI is InChI=1S/C18H24N4O3/c1-10-6-14-15(25-9-24-14)7-13(10)8-16-21-17(12(3)19)18(20)22(16)5-4-11(2)23/h7,10,19H,4-6,8-9,20H2,1-3H3. The maximum atomic E-state index is 11.4. The fourth-order valence-corrected chi connectivity index (χ4v) is 3.17. The number of ether oxygens (including phenoxy) is 2. The Labute approximate surface area is 147 Å². The van der Waals surface area contributed by atoms with Crippen molar-refractivity contribution >= 4 is 17.3 Å². The van der Waals surface area contributed by atoms with Crippen molar-refractivity contribution < 1.29 is 14.3 Å². The van der Waals surface area contributed by atoms with Crippen LogP contribution in [0.3, 0.4) is 0 Å². The molecular formula is C18H24N4O3. The molecule has 1 unspecified atom stereocenters. The van der Waals surface area contributed by atoms with Crippen LogP contribution in [0.25, 0.3) is 0 Å². The van der Waals surface area contributed by atoms with Gasteiger partial charge in [-0.15, -0.1) is 0 Å². The highest BCUT2D eigenvalue weighted by molar-refractivity contribution is 5.98. The van der Waals surface area contributed by atoms with Crippen LogP contribution in [-0.2, 0) is 27.2 Å². The predicted molar refractivity (Wildman–Crippen MR) is 94.1 cm³/mol. The van der Waals surface area contributed by atoms with Crippen molar-refractivity contribution in [3.63, 3.8) is 0 Å². The number of nitrogens with zero attached hydrogens (tertiary/aromatic N) is 2. The van der Waals surface area contributed by atoms with E-state index in [1.54, 1.807) is 13.8 Å². The van der Waals surface area contributed by atoms with Gasteiger partial charge in [-0.2, -0.15) is 0 Å². The van der Waals surface area contributed by atoms with E-state index in [9.17, 15) is 4.79 Å². The minimum Gasteiger partial charge on any atom is -0.458 e. The zero-order valence-electron chi connectivity index (χ0n) is 14.9. The van der Waals surface area contributed by atoms with Crippen molar-refractivity contribution in [3.05, 3.63) is 34.7 Å². The van der Waals surface area contributed by atoms with Crippen LogP contribution in [0.15, 0.2) is 23.2 Å². The molecule has 7 nitrogen and oxygen atoms in total. The third kappa shape index (κ3) is 3.45. The number of hydrogen-bond acceptors (Lipinski definition) is 6. The van der Waals surface area contributed by atoms with E-state index in [1.165, 1.54) is 5.57 Å². The minimum absolute atomic E-state index is 0.101. The molecule has 1 aromatic rings. The van der Waals surface area contributed by atoms with Gasteiger partial charge < -0.3 is 25.2 Å². The molecule has 2 heterocycles. The Hall–Kier alpha value is -2.57. The van der Waals surface area contributed by atoms with Gasteiger partial charge in [0.2, 0.25) is 6.79 Å². The number of rotatable bonds is 6. The van der Waals surface area contributed by atoms with Crippen LogP contribution in [0.4, 0.5) is 5.82 Å². The van der Waals surface area contributed by atoms with Crippen molar-refractivity contribution in [1.82, 2.24) is 9.55 Å². The molecule has 25 heavy (non-hydrogen) atoms. The summed E-state index contributed by atoms with van der Waals surface area (Å²) in [5.74, 6) is 3.35. The van der Waals surface area contributed by atoms with Crippen molar-refractivity contribution in [2.24, 2.45) is 5.92 Å². The van der Waals surface area contributed by atoms with Gasteiger partial charge in [0.15, 0.2) is 5.76 Å². The number of anilines is 1. The predicted octanol–water partition coefficient (Wildman–Crippen LogP) is 2.56. The monoisotopic (exact) mass is 344 g/mol. The molecule has 1 aliphatic heterocycles. The number of nitrogens with two attached hydrogens (primary N) is 1. The summed E-state index contributed by atoms with van der Waals surface area (Å²) >= 11 is 0. The number of ketones is 1. The molecule has 1 aliphatic carbocycles. The van der Waals surface area contributed by atoms with Gasteiger partial charge >= 0.3 is 0 Å². The van der Waals surface area contributed by atoms with E-state index >= 15 is 0 Å². The molecule has 3 rings (SSSR count). The van der Waals surface area contributed by atoms with E-state index in [-0.39, 0.29) is 12.6 Å². The smallest absolute Gasteiger partial charge is 0.230 e. The number of hydrogen-bond donors (Lipinski definition) is 2. The molecule has 0 aromatic carbocycles. The molecule has 7 heteroatoms. The van der Waals surface area contributed by atoms with Gasteiger partial charge in [-0.05, 0) is 25.8 Å². The summed E-state index contributed by atoms with van der Waals surface area (Å²) in [4.78, 5) is 16.0. The average molecular weight is 344 g/mol. The first-order valence-corrected chi connectivity index (χ1v) is 8.45. The summed E-state index contributed by atoms with van der Waals surface area (Å²) in [5, 5.41) is 7.88. The molecule has 134 valence electrons. The summed E-state index contributed by atoms with van der Waals surface area (Å²) < 4.78 is 12.8. The van der Waals surface area contributed by atoms with Gasteiger partial charge in [0.25, 0.3) is 0 Å². The molecule has 0 saturated carbocycles. The maximum absolute atomic E-state index is 11.4. The lowest BCUT2D eigenvalue weighted by Gasteiger charge is -2.20. The summed E-state index contributed by atoms with van der Waals surface area (Å²) in [7, 11) is 0. The van der Waals surface area contributed by atoms with Crippen molar-refractivity contribution in [2.75, 3.05) is 12.5 Å². The minimum atomic E-state index is 0.101. The van der Waals surface area contributed by atoms with Gasteiger partial charge in [0, 0.05) is 25.8 Å². The molecule has 0 amide bonds. The van der Waals surface area contributed by atoms with Crippen LogP contribution in [0, 0.1) is 11.3 Å². The zero-order chi connectivity index (χ0) is 18.1. The van der Waals surface area contributed by atoms with Crippen LogP contribution < -0.4 is 5.73 Å². The van der Waals surface area contributed by atoms with Crippen LogP contribution in [0.5, 0.6) is 0 Å². The summed E-state index contributed by atoms with van der Waals surface area (Å²) in [6, 6.07) is 0. The van der Waals surface area contributed by atoms with Gasteiger partial charge in [0.05, 0.1) is 5.71 Å². The third-order valence-electron chi connectivity index (χ3n) is 4.65. The first-order chi connectivity index (χ1) is 11.9. The van der Waals surface area contributed by atoms with Gasteiger partial charge in [0.1, 0.15) is 28.9 Å². The first kappa shape index (κ1) is 17.3. The largest absolute Gasteiger partial charge is 0.458 e. The summed E-state index contributed by atoms with van der Waals surface area (Å²) in [6.07, 6.45) is 3.83. The normalized spacial score (nSPS) is 19.2. The molecule has 3 N–H and O–H groups in total. The quantitative estimate of drug-likeness (QED) is 0.772. The van der Waals surface area contributed by atoms with Crippen molar-refractivity contribution in [3.8, 4) is 0 Å². The summed E-state index contributed by atoms with van der Waals surface area (Å²) in [5.41, 5.74) is 8.19. The Morgan fingerprint density at radius 2 is 2.20 bits per heavy atom. The van der Waals surface area contributed by atoms with Crippen LogP contribution in [0.2, 0.25) is 0 Å². The molecule has 1 atom stereocenters. The Bertz CT molecular complexity index is 788. The summed E-state index contributed by atoms with van der Waals surface area (Å²) in [6.45, 7) is 6.13. The second-order valence-electron chi connectivity index (χ2n) is 6.69. The van der Waals surface area contributed by atoms with E-state index in [0.29, 0.717) is 42.5 Å². The fourth-order valence-electron chi connectivity index (χ4n) is 3.17. The highest BCUT2D eigenvalue weighted by atomic mass is 16.7. The molecule has 0 saturated heterocycles. The number of nitrogen functional groups attached to an aromatic ring is 1. The maximum Gasteiger partial charge on any atom is 0.230 e. The second-order valence-corrected chi connectivity index (χ2v) is 6.69. The van der Waals surface area contributed by atoms with E-state index in [0.717, 1.165) is 23.8 Å². The number of imidazole rings is 1. The second kappa shape index (κ2) is 6.74.